The van der Waals surface area contributed by atoms with Crippen LogP contribution in [0.15, 0.2) is 60.7 Å². The molecule has 2 aromatic rings. The monoisotopic (exact) mass is 422 g/mol. The van der Waals surface area contributed by atoms with Gasteiger partial charge in [0.25, 0.3) is 0 Å². The van der Waals surface area contributed by atoms with Crippen molar-refractivity contribution in [2.45, 2.75) is 89.6 Å². The molecule has 2 aromatic carbocycles. The molecule has 168 valence electrons. The molecule has 0 unspecified atom stereocenters. The number of carbonyl (C=O) groups excluding carboxylic acids is 1. The number of aliphatic hydroxyl groups is 1. The molecule has 2 atom stereocenters. The smallest absolute Gasteiger partial charge is 0.244 e. The number of nitrogens with one attached hydrogen (secondary N) is 1. The summed E-state index contributed by atoms with van der Waals surface area (Å²) >= 11 is 0. The summed E-state index contributed by atoms with van der Waals surface area (Å²) in [5.74, 6) is 0.0385. The molecule has 0 saturated carbocycles. The van der Waals surface area contributed by atoms with Crippen LogP contribution in [0.25, 0.3) is 0 Å². The zero-order valence-corrected chi connectivity index (χ0v) is 19.1. The van der Waals surface area contributed by atoms with Gasteiger partial charge in [-0.05, 0) is 36.8 Å². The van der Waals surface area contributed by atoms with Crippen LogP contribution in [-0.2, 0) is 17.8 Å². The van der Waals surface area contributed by atoms with Crippen LogP contribution in [0.2, 0.25) is 0 Å². The van der Waals surface area contributed by atoms with Crippen molar-refractivity contribution in [3.05, 3.63) is 71.8 Å². The van der Waals surface area contributed by atoms with Crippen LogP contribution in [0.5, 0.6) is 0 Å². The maximum atomic E-state index is 13.6. The summed E-state index contributed by atoms with van der Waals surface area (Å²) < 4.78 is 0. The van der Waals surface area contributed by atoms with Crippen molar-refractivity contribution < 1.29 is 9.90 Å². The van der Waals surface area contributed by atoms with Crippen molar-refractivity contribution in [3.8, 4) is 0 Å². The molecule has 4 heteroatoms. The van der Waals surface area contributed by atoms with Crippen molar-refractivity contribution in [2.24, 2.45) is 0 Å². The predicted octanol–water partition coefficient (Wildman–Crippen LogP) is 5.06. The molecule has 0 aliphatic carbocycles. The highest BCUT2D eigenvalue weighted by Gasteiger charge is 2.51. The maximum Gasteiger partial charge on any atom is 0.244 e. The van der Waals surface area contributed by atoms with Gasteiger partial charge in [0.2, 0.25) is 5.91 Å². The summed E-state index contributed by atoms with van der Waals surface area (Å²) in [6.07, 6.45) is 6.77. The Kier molecular flexibility index (Phi) is 8.68. The second kappa shape index (κ2) is 11.4. The van der Waals surface area contributed by atoms with Crippen LogP contribution in [-0.4, -0.2) is 33.7 Å². The van der Waals surface area contributed by atoms with Crippen molar-refractivity contribution in [3.63, 3.8) is 0 Å². The summed E-state index contributed by atoms with van der Waals surface area (Å²) in [5.41, 5.74) is 1.95. The molecule has 1 saturated heterocycles. The van der Waals surface area contributed by atoms with Gasteiger partial charge in [0, 0.05) is 6.54 Å². The third-order valence-corrected chi connectivity index (χ3v) is 6.50. The number of aliphatic hydroxyl groups excluding tert-OH is 1. The number of nitrogens with zero attached hydrogens (tertiary/aromatic N) is 1. The maximum absolute atomic E-state index is 13.6. The van der Waals surface area contributed by atoms with Gasteiger partial charge in [-0.2, -0.15) is 0 Å². The van der Waals surface area contributed by atoms with Gasteiger partial charge in [-0.1, -0.05) is 100 Å². The van der Waals surface area contributed by atoms with Crippen LogP contribution >= 0.6 is 0 Å². The van der Waals surface area contributed by atoms with E-state index >= 15 is 0 Å². The van der Waals surface area contributed by atoms with Gasteiger partial charge >= 0.3 is 0 Å². The highest BCUT2D eigenvalue weighted by atomic mass is 16.3. The molecular formula is C27H38N2O2. The van der Waals surface area contributed by atoms with Gasteiger partial charge in [0.15, 0.2) is 0 Å². The lowest BCUT2D eigenvalue weighted by atomic mass is 9.94. The Bertz CT molecular complexity index is 785. The fourth-order valence-electron chi connectivity index (χ4n) is 4.67. The van der Waals surface area contributed by atoms with E-state index in [2.05, 4.69) is 43.4 Å². The Morgan fingerprint density at radius 2 is 1.48 bits per heavy atom. The summed E-state index contributed by atoms with van der Waals surface area (Å²) in [6.45, 7) is 4.97. The van der Waals surface area contributed by atoms with Gasteiger partial charge in [0.05, 0.1) is 11.8 Å². The predicted molar refractivity (Wildman–Crippen MR) is 126 cm³/mol. The third kappa shape index (κ3) is 5.96. The number of hydrogen-bond acceptors (Lipinski definition) is 3. The molecule has 0 spiro atoms. The highest BCUT2D eigenvalue weighted by molar-refractivity contribution is 5.85. The Labute approximate surface area is 187 Å². The third-order valence-electron chi connectivity index (χ3n) is 6.50. The fraction of sp³-hybridized carbons (Fsp3) is 0.519. The zero-order valence-electron chi connectivity index (χ0n) is 19.1. The van der Waals surface area contributed by atoms with Gasteiger partial charge in [-0.15, -0.1) is 0 Å². The quantitative estimate of drug-likeness (QED) is 0.503. The number of aryl methyl sites for hydroxylation is 1. The number of hydrogen-bond donors (Lipinski definition) is 2. The van der Waals surface area contributed by atoms with E-state index in [4.69, 9.17) is 0 Å². The Balaban J connectivity index is 1.81. The number of rotatable bonds is 12. The average Bonchev–Trinajstić information content (AvgIpc) is 3.08. The minimum absolute atomic E-state index is 0.0385. The first-order chi connectivity index (χ1) is 15.1. The van der Waals surface area contributed by atoms with Crippen LogP contribution in [0.4, 0.5) is 0 Å². The number of amides is 1. The molecule has 1 aliphatic rings. The van der Waals surface area contributed by atoms with E-state index in [-0.39, 0.29) is 11.6 Å². The van der Waals surface area contributed by atoms with E-state index in [1.54, 1.807) is 0 Å². The topological polar surface area (TPSA) is 52.6 Å². The standard InChI is InChI=1S/C27H38N2O2/c1-3-5-19-27(20-6-4-2)28-25(24(30)18-17-22-13-9-7-10-14-22)26(31)29(27)21-23-15-11-8-12-16-23/h7-16,24-25,28,30H,3-6,17-21H2,1-2H3/t24-,25+/m1/s1. The molecule has 4 nitrogen and oxygen atoms in total. The largest absolute Gasteiger partial charge is 0.391 e. The van der Waals surface area contributed by atoms with E-state index < -0.39 is 12.1 Å². The highest BCUT2D eigenvalue weighted by Crippen LogP contribution is 2.35. The number of carbonyl (C=O) groups is 1. The summed E-state index contributed by atoms with van der Waals surface area (Å²) in [4.78, 5) is 15.6. The van der Waals surface area contributed by atoms with E-state index in [9.17, 15) is 9.90 Å². The normalized spacial score (nSPS) is 19.0. The van der Waals surface area contributed by atoms with Gasteiger partial charge in [-0.3, -0.25) is 10.1 Å². The van der Waals surface area contributed by atoms with E-state index in [0.717, 1.165) is 50.5 Å². The van der Waals surface area contributed by atoms with E-state index in [1.165, 1.54) is 5.56 Å². The summed E-state index contributed by atoms with van der Waals surface area (Å²) in [6, 6.07) is 19.9. The number of benzene rings is 2. The van der Waals surface area contributed by atoms with Crippen LogP contribution in [0, 0.1) is 0 Å². The molecule has 0 bridgehead atoms. The molecule has 3 rings (SSSR count). The molecule has 1 aliphatic heterocycles. The minimum Gasteiger partial charge on any atom is -0.391 e. The number of unbranched alkanes of at least 4 members (excludes halogenated alkanes) is 2. The lowest BCUT2D eigenvalue weighted by Gasteiger charge is -2.39. The minimum atomic E-state index is -0.698. The first-order valence-corrected chi connectivity index (χ1v) is 11.9. The summed E-state index contributed by atoms with van der Waals surface area (Å²) in [7, 11) is 0. The molecule has 1 fully saturated rings. The second-order valence-corrected chi connectivity index (χ2v) is 8.86. The zero-order chi connectivity index (χ0) is 22.1. The fourth-order valence-corrected chi connectivity index (χ4v) is 4.67. The Hall–Kier alpha value is -2.17. The van der Waals surface area contributed by atoms with Gasteiger partial charge in [0.1, 0.15) is 6.04 Å². The molecule has 31 heavy (non-hydrogen) atoms. The molecule has 0 radical (unpaired) electrons. The van der Waals surface area contributed by atoms with Crippen molar-refractivity contribution in [1.29, 1.82) is 0 Å². The molecule has 2 N–H and O–H groups in total. The van der Waals surface area contributed by atoms with Crippen molar-refractivity contribution in [1.82, 2.24) is 10.2 Å². The van der Waals surface area contributed by atoms with E-state index in [0.29, 0.717) is 13.0 Å². The molecule has 0 aromatic heterocycles. The SMILES string of the molecule is CCCCC1(CCCC)N[C@@H]([C@H](O)CCc2ccccc2)C(=O)N1Cc1ccccc1. The Morgan fingerprint density at radius 3 is 2.03 bits per heavy atom. The first-order valence-electron chi connectivity index (χ1n) is 11.9. The molecular weight excluding hydrogens is 384 g/mol. The first kappa shape index (κ1) is 23.5. The van der Waals surface area contributed by atoms with Crippen LogP contribution in [0.3, 0.4) is 0 Å². The molecule has 1 amide bonds. The average molecular weight is 423 g/mol. The van der Waals surface area contributed by atoms with Crippen molar-refractivity contribution >= 4 is 5.91 Å². The van der Waals surface area contributed by atoms with Crippen molar-refractivity contribution in [2.75, 3.05) is 0 Å². The lowest BCUT2D eigenvalue weighted by Crippen LogP contribution is -2.53. The van der Waals surface area contributed by atoms with Crippen LogP contribution < -0.4 is 5.32 Å². The van der Waals surface area contributed by atoms with Gasteiger partial charge < -0.3 is 10.0 Å². The van der Waals surface area contributed by atoms with Gasteiger partial charge in [-0.25, -0.2) is 0 Å². The molecule has 1 heterocycles. The Morgan fingerprint density at radius 1 is 0.935 bits per heavy atom. The second-order valence-electron chi connectivity index (χ2n) is 8.86. The summed E-state index contributed by atoms with van der Waals surface area (Å²) in [5, 5.41) is 14.7. The van der Waals surface area contributed by atoms with E-state index in [1.807, 2.05) is 41.3 Å². The van der Waals surface area contributed by atoms with Crippen LogP contribution in [0.1, 0.15) is 69.9 Å². The lowest BCUT2D eigenvalue weighted by molar-refractivity contribution is -0.135.